The van der Waals surface area contributed by atoms with Crippen molar-refractivity contribution in [3.8, 4) is 5.75 Å². The number of benzene rings is 1. The van der Waals surface area contributed by atoms with Crippen LogP contribution in [0.4, 0.5) is 0 Å². The minimum Gasteiger partial charge on any atom is -0.497 e. The molecular formula is C16H17NO4S2. The molecule has 2 aromatic rings. The van der Waals surface area contributed by atoms with Crippen LogP contribution in [-0.4, -0.2) is 42.6 Å². The lowest BCUT2D eigenvalue weighted by Gasteiger charge is -2.28. The number of methoxy groups -OCH3 is 1. The van der Waals surface area contributed by atoms with Crippen LogP contribution in [0.3, 0.4) is 0 Å². The zero-order valence-corrected chi connectivity index (χ0v) is 14.4. The van der Waals surface area contributed by atoms with Crippen LogP contribution >= 0.6 is 24.0 Å². The highest BCUT2D eigenvalue weighted by Crippen LogP contribution is 2.22. The van der Waals surface area contributed by atoms with E-state index in [4.69, 9.17) is 26.1 Å². The molecule has 23 heavy (non-hydrogen) atoms. The number of thiocarbonyl (C=S) groups is 1. The molecule has 1 saturated heterocycles. The van der Waals surface area contributed by atoms with Gasteiger partial charge in [-0.2, -0.15) is 0 Å². The van der Waals surface area contributed by atoms with Crippen molar-refractivity contribution in [2.24, 2.45) is 0 Å². The summed E-state index contributed by atoms with van der Waals surface area (Å²) in [7, 11) is 1.58. The summed E-state index contributed by atoms with van der Waals surface area (Å²) in [6.07, 6.45) is 0. The lowest BCUT2D eigenvalue weighted by atomic mass is 10.2. The van der Waals surface area contributed by atoms with E-state index in [2.05, 4.69) is 4.90 Å². The molecule has 0 atom stereocenters. The van der Waals surface area contributed by atoms with Gasteiger partial charge in [-0.1, -0.05) is 24.0 Å². The second-order valence-corrected chi connectivity index (χ2v) is 6.70. The number of morpholine rings is 1. The summed E-state index contributed by atoms with van der Waals surface area (Å²) in [5.74, 6) is 1.80. The molecule has 1 aromatic carbocycles. The maximum atomic E-state index is 12.2. The van der Waals surface area contributed by atoms with E-state index < -0.39 is 0 Å². The molecule has 1 aliphatic rings. The van der Waals surface area contributed by atoms with Gasteiger partial charge in [0.15, 0.2) is 5.43 Å². The van der Waals surface area contributed by atoms with Gasteiger partial charge in [0.2, 0.25) is 0 Å². The highest BCUT2D eigenvalue weighted by Gasteiger charge is 2.15. The summed E-state index contributed by atoms with van der Waals surface area (Å²) >= 11 is 6.94. The summed E-state index contributed by atoms with van der Waals surface area (Å²) < 4.78 is 17.1. The van der Waals surface area contributed by atoms with Crippen LogP contribution in [0.15, 0.2) is 33.5 Å². The fourth-order valence-corrected chi connectivity index (χ4v) is 3.49. The molecular weight excluding hydrogens is 334 g/mol. The van der Waals surface area contributed by atoms with Gasteiger partial charge in [0.05, 0.1) is 31.5 Å². The molecule has 7 heteroatoms. The van der Waals surface area contributed by atoms with Crippen molar-refractivity contribution in [1.29, 1.82) is 0 Å². The second-order valence-electron chi connectivity index (χ2n) is 5.09. The summed E-state index contributed by atoms with van der Waals surface area (Å²) in [6.45, 7) is 3.02. The number of ether oxygens (including phenoxy) is 2. The number of nitrogens with zero attached hydrogens (tertiary/aromatic N) is 1. The lowest BCUT2D eigenvalue weighted by molar-refractivity contribution is 0.0702. The molecule has 0 unspecified atom stereocenters. The molecule has 0 N–H and O–H groups in total. The van der Waals surface area contributed by atoms with Crippen molar-refractivity contribution in [3.63, 3.8) is 0 Å². The van der Waals surface area contributed by atoms with Gasteiger partial charge in [0.1, 0.15) is 21.4 Å². The monoisotopic (exact) mass is 351 g/mol. The Bertz CT molecular complexity index is 768. The third kappa shape index (κ3) is 3.85. The average Bonchev–Trinajstić information content (AvgIpc) is 2.60. The minimum atomic E-state index is -0.0539. The van der Waals surface area contributed by atoms with E-state index in [9.17, 15) is 4.79 Å². The van der Waals surface area contributed by atoms with Gasteiger partial charge in [-0.15, -0.1) is 0 Å². The molecule has 0 aliphatic carbocycles. The van der Waals surface area contributed by atoms with Crippen LogP contribution < -0.4 is 10.2 Å². The van der Waals surface area contributed by atoms with Gasteiger partial charge in [0, 0.05) is 25.2 Å². The number of fused-ring (bicyclic) bond motifs is 1. The molecule has 5 nitrogen and oxygen atoms in total. The first-order chi connectivity index (χ1) is 11.2. The van der Waals surface area contributed by atoms with Crippen LogP contribution in [0.1, 0.15) is 5.76 Å². The van der Waals surface area contributed by atoms with Crippen molar-refractivity contribution in [1.82, 2.24) is 4.90 Å². The van der Waals surface area contributed by atoms with Crippen LogP contribution in [-0.2, 0) is 10.5 Å². The highest BCUT2D eigenvalue weighted by molar-refractivity contribution is 8.22. The van der Waals surface area contributed by atoms with Crippen LogP contribution in [0.25, 0.3) is 11.0 Å². The fraction of sp³-hybridized carbons (Fsp3) is 0.375. The Kier molecular flexibility index (Phi) is 5.20. The molecule has 122 valence electrons. The Labute approximate surface area is 143 Å². The molecule has 3 rings (SSSR count). The summed E-state index contributed by atoms with van der Waals surface area (Å²) in [5, 5.41) is 0.551. The quantitative estimate of drug-likeness (QED) is 0.788. The largest absolute Gasteiger partial charge is 0.497 e. The first-order valence-corrected chi connectivity index (χ1v) is 8.67. The van der Waals surface area contributed by atoms with Crippen LogP contribution in [0.2, 0.25) is 0 Å². The molecule has 1 fully saturated rings. The topological polar surface area (TPSA) is 51.9 Å². The number of thioether (sulfide) groups is 1. The molecule has 2 heterocycles. The van der Waals surface area contributed by atoms with Gasteiger partial charge >= 0.3 is 0 Å². The van der Waals surface area contributed by atoms with E-state index in [1.807, 2.05) is 0 Å². The Morgan fingerprint density at radius 2 is 2.13 bits per heavy atom. The Hall–Kier alpha value is -1.57. The zero-order chi connectivity index (χ0) is 16.2. The minimum absolute atomic E-state index is 0.0539. The van der Waals surface area contributed by atoms with E-state index in [-0.39, 0.29) is 5.43 Å². The maximum absolute atomic E-state index is 12.2. The van der Waals surface area contributed by atoms with Crippen LogP contribution in [0.5, 0.6) is 5.75 Å². The molecule has 0 bridgehead atoms. The van der Waals surface area contributed by atoms with Crippen molar-refractivity contribution in [2.45, 2.75) is 5.75 Å². The number of hydrogen-bond donors (Lipinski definition) is 0. The van der Waals surface area contributed by atoms with Gasteiger partial charge in [-0.05, 0) is 12.1 Å². The predicted molar refractivity (Wildman–Crippen MR) is 95.3 cm³/mol. The van der Waals surface area contributed by atoms with Gasteiger partial charge in [-0.25, -0.2) is 0 Å². The summed E-state index contributed by atoms with van der Waals surface area (Å²) in [4.78, 5) is 14.3. The Morgan fingerprint density at radius 3 is 2.87 bits per heavy atom. The molecule has 1 aliphatic heterocycles. The molecule has 0 radical (unpaired) electrons. The van der Waals surface area contributed by atoms with Crippen molar-refractivity contribution in [3.05, 3.63) is 40.2 Å². The SMILES string of the molecule is COc1ccc2c(=O)cc(CSC(=S)N3CCOCC3)oc2c1. The van der Waals surface area contributed by atoms with E-state index >= 15 is 0 Å². The normalized spacial score (nSPS) is 14.9. The Morgan fingerprint density at radius 1 is 1.35 bits per heavy atom. The summed E-state index contributed by atoms with van der Waals surface area (Å²) in [5.41, 5.74) is 0.478. The van der Waals surface area contributed by atoms with Crippen LogP contribution in [0, 0.1) is 0 Å². The first kappa shape index (κ1) is 16.3. The zero-order valence-electron chi connectivity index (χ0n) is 12.7. The first-order valence-electron chi connectivity index (χ1n) is 7.27. The van der Waals surface area contributed by atoms with Crippen molar-refractivity contribution < 1.29 is 13.9 Å². The average molecular weight is 351 g/mol. The molecule has 0 saturated carbocycles. The third-order valence-corrected chi connectivity index (χ3v) is 5.14. The number of hydrogen-bond acceptors (Lipinski definition) is 6. The highest BCUT2D eigenvalue weighted by atomic mass is 32.2. The molecule has 0 spiro atoms. The van der Waals surface area contributed by atoms with Gasteiger partial charge in [-0.3, -0.25) is 4.79 Å². The maximum Gasteiger partial charge on any atom is 0.192 e. The smallest absolute Gasteiger partial charge is 0.192 e. The fourth-order valence-electron chi connectivity index (χ4n) is 2.35. The third-order valence-electron chi connectivity index (χ3n) is 3.59. The molecule has 1 aromatic heterocycles. The van der Waals surface area contributed by atoms with Crippen molar-refractivity contribution >= 4 is 39.3 Å². The van der Waals surface area contributed by atoms with Crippen molar-refractivity contribution in [2.75, 3.05) is 33.4 Å². The van der Waals surface area contributed by atoms with E-state index in [1.54, 1.807) is 25.3 Å². The Balaban J connectivity index is 1.74. The van der Waals surface area contributed by atoms with Gasteiger partial charge in [0.25, 0.3) is 0 Å². The lowest BCUT2D eigenvalue weighted by Crippen LogP contribution is -2.38. The second kappa shape index (κ2) is 7.33. The standard InChI is InChI=1S/C16H17NO4S2/c1-19-11-2-3-13-14(18)8-12(21-15(13)9-11)10-23-16(22)17-4-6-20-7-5-17/h2-3,8-9H,4-7,10H2,1H3. The predicted octanol–water partition coefficient (Wildman–Crippen LogP) is 2.65. The molecule has 0 amide bonds. The van der Waals surface area contributed by atoms with E-state index in [0.717, 1.165) is 17.4 Å². The van der Waals surface area contributed by atoms with E-state index in [0.29, 0.717) is 41.4 Å². The van der Waals surface area contributed by atoms with Gasteiger partial charge < -0.3 is 18.8 Å². The van der Waals surface area contributed by atoms with E-state index in [1.165, 1.54) is 17.8 Å². The number of rotatable bonds is 3. The summed E-state index contributed by atoms with van der Waals surface area (Å²) in [6, 6.07) is 6.73.